The molecule has 1 N–H and O–H groups in total. The van der Waals surface area contributed by atoms with E-state index in [9.17, 15) is 0 Å². The molecular formula is C11H14O3. The Morgan fingerprint density at radius 1 is 1.43 bits per heavy atom. The molecule has 0 saturated carbocycles. The topological polar surface area (TPSA) is 38.7 Å². The summed E-state index contributed by atoms with van der Waals surface area (Å²) >= 11 is 0. The van der Waals surface area contributed by atoms with Crippen molar-refractivity contribution in [3.8, 4) is 5.75 Å². The molecule has 1 aromatic carbocycles. The summed E-state index contributed by atoms with van der Waals surface area (Å²) in [6.07, 6.45) is 0. The highest BCUT2D eigenvalue weighted by Crippen LogP contribution is 2.31. The number of ether oxygens (including phenoxy) is 2. The van der Waals surface area contributed by atoms with Crippen LogP contribution in [0.5, 0.6) is 5.75 Å². The van der Waals surface area contributed by atoms with E-state index in [0.717, 1.165) is 16.9 Å². The Morgan fingerprint density at radius 2 is 2.21 bits per heavy atom. The van der Waals surface area contributed by atoms with Crippen LogP contribution in [0.1, 0.15) is 25.0 Å². The molecule has 3 nitrogen and oxygen atoms in total. The Balaban J connectivity index is 2.34. The molecule has 0 aromatic heterocycles. The molecule has 0 bridgehead atoms. The summed E-state index contributed by atoms with van der Waals surface area (Å²) in [5.41, 5.74) is 1.89. The molecule has 2 rings (SSSR count). The molecule has 0 unspecified atom stereocenters. The van der Waals surface area contributed by atoms with E-state index in [-0.39, 0.29) is 6.61 Å². The van der Waals surface area contributed by atoms with Crippen LogP contribution in [0.2, 0.25) is 0 Å². The monoisotopic (exact) mass is 194 g/mol. The molecule has 0 radical (unpaired) electrons. The molecular weight excluding hydrogens is 180 g/mol. The molecule has 0 spiro atoms. The lowest BCUT2D eigenvalue weighted by atomic mass is 10.1. The minimum Gasteiger partial charge on any atom is -0.463 e. The number of aliphatic hydroxyl groups excluding tert-OH is 1. The van der Waals surface area contributed by atoms with Crippen LogP contribution >= 0.6 is 0 Å². The van der Waals surface area contributed by atoms with E-state index in [4.69, 9.17) is 14.6 Å². The van der Waals surface area contributed by atoms with Crippen molar-refractivity contribution >= 4 is 0 Å². The lowest BCUT2D eigenvalue weighted by Crippen LogP contribution is -2.35. The van der Waals surface area contributed by atoms with Gasteiger partial charge >= 0.3 is 0 Å². The van der Waals surface area contributed by atoms with Gasteiger partial charge in [-0.25, -0.2) is 0 Å². The van der Waals surface area contributed by atoms with Gasteiger partial charge in [-0.1, -0.05) is 12.1 Å². The van der Waals surface area contributed by atoms with Crippen LogP contribution in [-0.2, 0) is 18.0 Å². The Labute approximate surface area is 83.3 Å². The predicted octanol–water partition coefficient (Wildman–Crippen LogP) is 1.82. The van der Waals surface area contributed by atoms with Crippen molar-refractivity contribution < 1.29 is 14.6 Å². The zero-order valence-electron chi connectivity index (χ0n) is 8.41. The Bertz CT molecular complexity index is 344. The maximum absolute atomic E-state index is 8.98. The molecule has 3 heteroatoms. The lowest BCUT2D eigenvalue weighted by molar-refractivity contribution is -0.180. The van der Waals surface area contributed by atoms with E-state index in [0.29, 0.717) is 6.61 Å². The quantitative estimate of drug-likeness (QED) is 0.741. The standard InChI is InChI=1S/C11H14O3/c1-11(2)13-7-9-4-3-8(6-12)5-10(9)14-11/h3-5,12H,6-7H2,1-2H3. The first kappa shape index (κ1) is 9.49. The molecule has 0 amide bonds. The molecule has 1 aromatic rings. The van der Waals surface area contributed by atoms with Gasteiger partial charge in [0, 0.05) is 19.4 Å². The van der Waals surface area contributed by atoms with Gasteiger partial charge in [0.25, 0.3) is 0 Å². The van der Waals surface area contributed by atoms with Gasteiger partial charge in [0.15, 0.2) is 0 Å². The highest BCUT2D eigenvalue weighted by Gasteiger charge is 2.27. The second-order valence-electron chi connectivity index (χ2n) is 3.89. The minimum atomic E-state index is -0.568. The van der Waals surface area contributed by atoms with Crippen LogP contribution in [0.4, 0.5) is 0 Å². The van der Waals surface area contributed by atoms with Crippen LogP contribution < -0.4 is 4.74 Å². The van der Waals surface area contributed by atoms with E-state index in [1.165, 1.54) is 0 Å². The Kier molecular flexibility index (Phi) is 2.21. The van der Waals surface area contributed by atoms with Crippen molar-refractivity contribution in [1.29, 1.82) is 0 Å². The maximum atomic E-state index is 8.98. The van der Waals surface area contributed by atoms with Gasteiger partial charge in [0.2, 0.25) is 5.79 Å². The van der Waals surface area contributed by atoms with Gasteiger partial charge in [-0.15, -0.1) is 0 Å². The third kappa shape index (κ3) is 1.74. The molecule has 0 atom stereocenters. The normalized spacial score (nSPS) is 18.5. The third-order valence-electron chi connectivity index (χ3n) is 2.25. The van der Waals surface area contributed by atoms with E-state index in [1.807, 2.05) is 32.0 Å². The second kappa shape index (κ2) is 3.26. The number of hydrogen-bond donors (Lipinski definition) is 1. The smallest absolute Gasteiger partial charge is 0.205 e. The zero-order chi connectivity index (χ0) is 10.2. The van der Waals surface area contributed by atoms with Crippen molar-refractivity contribution in [2.45, 2.75) is 32.8 Å². The van der Waals surface area contributed by atoms with Crippen molar-refractivity contribution in [3.05, 3.63) is 29.3 Å². The average Bonchev–Trinajstić information content (AvgIpc) is 2.15. The van der Waals surface area contributed by atoms with Crippen molar-refractivity contribution in [1.82, 2.24) is 0 Å². The van der Waals surface area contributed by atoms with Gasteiger partial charge < -0.3 is 14.6 Å². The van der Waals surface area contributed by atoms with Gasteiger partial charge in [-0.3, -0.25) is 0 Å². The maximum Gasteiger partial charge on any atom is 0.205 e. The summed E-state index contributed by atoms with van der Waals surface area (Å²) < 4.78 is 11.1. The number of fused-ring (bicyclic) bond motifs is 1. The van der Waals surface area contributed by atoms with E-state index in [1.54, 1.807) is 0 Å². The van der Waals surface area contributed by atoms with E-state index >= 15 is 0 Å². The highest BCUT2D eigenvalue weighted by molar-refractivity contribution is 5.38. The summed E-state index contributed by atoms with van der Waals surface area (Å²) in [6, 6.07) is 5.67. The van der Waals surface area contributed by atoms with Gasteiger partial charge in [0.1, 0.15) is 5.75 Å². The number of benzene rings is 1. The molecule has 76 valence electrons. The minimum absolute atomic E-state index is 0.0396. The van der Waals surface area contributed by atoms with Crippen LogP contribution in [0.3, 0.4) is 0 Å². The van der Waals surface area contributed by atoms with Crippen LogP contribution in [0.15, 0.2) is 18.2 Å². The fourth-order valence-corrected chi connectivity index (χ4v) is 1.46. The fraction of sp³-hybridized carbons (Fsp3) is 0.455. The molecule has 1 heterocycles. The molecule has 0 fully saturated rings. The van der Waals surface area contributed by atoms with Gasteiger partial charge in [-0.05, 0) is 11.6 Å². The summed E-state index contributed by atoms with van der Waals surface area (Å²) in [5, 5.41) is 8.98. The largest absolute Gasteiger partial charge is 0.463 e. The summed E-state index contributed by atoms with van der Waals surface area (Å²) in [7, 11) is 0. The fourth-order valence-electron chi connectivity index (χ4n) is 1.46. The Hall–Kier alpha value is -1.06. The van der Waals surface area contributed by atoms with E-state index < -0.39 is 5.79 Å². The number of hydrogen-bond acceptors (Lipinski definition) is 3. The zero-order valence-corrected chi connectivity index (χ0v) is 8.41. The summed E-state index contributed by atoms with van der Waals surface area (Å²) in [4.78, 5) is 0. The number of rotatable bonds is 1. The first-order valence-electron chi connectivity index (χ1n) is 4.66. The molecule has 14 heavy (non-hydrogen) atoms. The molecule has 0 aliphatic carbocycles. The first-order valence-corrected chi connectivity index (χ1v) is 4.66. The SMILES string of the molecule is CC1(C)OCc2ccc(CO)cc2O1. The molecule has 0 saturated heterocycles. The summed E-state index contributed by atoms with van der Waals surface area (Å²) in [6.45, 7) is 4.36. The lowest BCUT2D eigenvalue weighted by Gasteiger charge is -2.32. The van der Waals surface area contributed by atoms with Crippen molar-refractivity contribution in [3.63, 3.8) is 0 Å². The van der Waals surface area contributed by atoms with E-state index in [2.05, 4.69) is 0 Å². The average molecular weight is 194 g/mol. The van der Waals surface area contributed by atoms with Gasteiger partial charge in [-0.2, -0.15) is 0 Å². The molecule has 1 aliphatic rings. The predicted molar refractivity (Wildman–Crippen MR) is 51.9 cm³/mol. The van der Waals surface area contributed by atoms with Crippen molar-refractivity contribution in [2.24, 2.45) is 0 Å². The van der Waals surface area contributed by atoms with Crippen LogP contribution in [0.25, 0.3) is 0 Å². The highest BCUT2D eigenvalue weighted by atomic mass is 16.7. The van der Waals surface area contributed by atoms with Crippen LogP contribution in [0, 0.1) is 0 Å². The number of aliphatic hydroxyl groups is 1. The second-order valence-corrected chi connectivity index (χ2v) is 3.89. The summed E-state index contributed by atoms with van der Waals surface area (Å²) in [5.74, 6) is 0.244. The van der Waals surface area contributed by atoms with Gasteiger partial charge in [0.05, 0.1) is 13.2 Å². The first-order chi connectivity index (χ1) is 6.61. The Morgan fingerprint density at radius 3 is 2.93 bits per heavy atom. The van der Waals surface area contributed by atoms with Crippen LogP contribution in [-0.4, -0.2) is 10.9 Å². The molecule has 1 aliphatic heterocycles. The third-order valence-corrected chi connectivity index (χ3v) is 2.25. The van der Waals surface area contributed by atoms with Crippen molar-refractivity contribution in [2.75, 3.05) is 0 Å².